The topological polar surface area (TPSA) is 109 Å². The number of amidine groups is 1. The van der Waals surface area contributed by atoms with E-state index in [1.807, 2.05) is 59.5 Å². The number of benzene rings is 3. The monoisotopic (exact) mass is 444 g/mol. The first kappa shape index (κ1) is 23.5. The Hall–Kier alpha value is -4.13. The molecule has 170 valence electrons. The second-order valence-electron chi connectivity index (χ2n) is 7.49. The molecule has 0 aliphatic heterocycles. The maximum atomic E-state index is 12.5. The van der Waals surface area contributed by atoms with E-state index < -0.39 is 0 Å². The van der Waals surface area contributed by atoms with Gasteiger partial charge in [-0.15, -0.1) is 0 Å². The van der Waals surface area contributed by atoms with Crippen molar-refractivity contribution in [1.82, 2.24) is 5.32 Å². The average molecular weight is 445 g/mol. The van der Waals surface area contributed by atoms with Crippen LogP contribution in [0.2, 0.25) is 0 Å². The lowest BCUT2D eigenvalue weighted by atomic mass is 10.1. The minimum absolute atomic E-state index is 0.0804. The number of esters is 1. The Balaban J connectivity index is 1.66. The zero-order valence-electron chi connectivity index (χ0n) is 18.6. The van der Waals surface area contributed by atoms with E-state index in [2.05, 4.69) is 5.32 Å². The zero-order valence-corrected chi connectivity index (χ0v) is 18.6. The number of rotatable bonds is 10. The molecule has 1 amide bonds. The third-order valence-corrected chi connectivity index (χ3v) is 5.03. The van der Waals surface area contributed by atoms with Gasteiger partial charge in [-0.25, -0.2) is 0 Å². The molecule has 0 fully saturated rings. The Kier molecular flexibility index (Phi) is 8.18. The van der Waals surface area contributed by atoms with Crippen molar-refractivity contribution in [2.75, 3.05) is 18.1 Å². The summed E-state index contributed by atoms with van der Waals surface area (Å²) >= 11 is 0. The molecule has 0 radical (unpaired) electrons. The lowest BCUT2D eigenvalue weighted by Gasteiger charge is -2.24. The lowest BCUT2D eigenvalue weighted by Crippen LogP contribution is -2.30. The van der Waals surface area contributed by atoms with Gasteiger partial charge >= 0.3 is 5.97 Å². The van der Waals surface area contributed by atoms with Gasteiger partial charge in [0.2, 0.25) is 0 Å². The predicted molar refractivity (Wildman–Crippen MR) is 129 cm³/mol. The molecule has 0 aliphatic carbocycles. The Morgan fingerprint density at radius 1 is 0.939 bits per heavy atom. The first-order chi connectivity index (χ1) is 16.0. The van der Waals surface area contributed by atoms with Crippen LogP contribution in [0.4, 0.5) is 5.69 Å². The highest BCUT2D eigenvalue weighted by Crippen LogP contribution is 2.19. The van der Waals surface area contributed by atoms with Crippen LogP contribution in [0.15, 0.2) is 78.9 Å². The molecule has 3 aromatic carbocycles. The van der Waals surface area contributed by atoms with Gasteiger partial charge in [-0.1, -0.05) is 54.6 Å². The van der Waals surface area contributed by atoms with Gasteiger partial charge in [0.25, 0.3) is 5.91 Å². The molecule has 33 heavy (non-hydrogen) atoms. The molecule has 7 nitrogen and oxygen atoms in total. The van der Waals surface area contributed by atoms with Gasteiger partial charge in [-0.05, 0) is 42.3 Å². The number of nitrogens with two attached hydrogens (primary N) is 1. The van der Waals surface area contributed by atoms with Crippen LogP contribution < -0.4 is 16.0 Å². The van der Waals surface area contributed by atoms with Crippen LogP contribution in [0, 0.1) is 5.41 Å². The van der Waals surface area contributed by atoms with Gasteiger partial charge < -0.3 is 20.7 Å². The Morgan fingerprint density at radius 3 is 2.30 bits per heavy atom. The summed E-state index contributed by atoms with van der Waals surface area (Å²) in [5, 5.41) is 10.4. The number of hydrogen-bond acceptors (Lipinski definition) is 5. The van der Waals surface area contributed by atoms with E-state index in [0.29, 0.717) is 30.8 Å². The summed E-state index contributed by atoms with van der Waals surface area (Å²) in [5.74, 6) is -0.601. The van der Waals surface area contributed by atoms with E-state index in [-0.39, 0.29) is 24.3 Å². The largest absolute Gasteiger partial charge is 0.465 e. The van der Waals surface area contributed by atoms with Crippen molar-refractivity contribution < 1.29 is 14.3 Å². The number of hydrogen-bond donors (Lipinski definition) is 3. The van der Waals surface area contributed by atoms with Crippen LogP contribution in [0.1, 0.15) is 34.0 Å². The molecule has 4 N–H and O–H groups in total. The van der Waals surface area contributed by atoms with Crippen molar-refractivity contribution in [2.24, 2.45) is 5.73 Å². The summed E-state index contributed by atoms with van der Waals surface area (Å²) in [4.78, 5) is 26.6. The second kappa shape index (κ2) is 11.5. The second-order valence-corrected chi connectivity index (χ2v) is 7.49. The van der Waals surface area contributed by atoms with Crippen molar-refractivity contribution in [3.8, 4) is 0 Å². The van der Waals surface area contributed by atoms with Crippen LogP contribution in [-0.2, 0) is 22.6 Å². The fourth-order valence-corrected chi connectivity index (χ4v) is 3.34. The number of anilines is 1. The quantitative estimate of drug-likeness (QED) is 0.252. The molecule has 0 atom stereocenters. The van der Waals surface area contributed by atoms with Gasteiger partial charge in [0.1, 0.15) is 12.4 Å². The molecule has 0 unspecified atom stereocenters. The lowest BCUT2D eigenvalue weighted by molar-refractivity contribution is -0.141. The number of carbonyl (C=O) groups excluding carboxylic acids is 2. The normalized spacial score (nSPS) is 10.3. The molecule has 0 aliphatic rings. The van der Waals surface area contributed by atoms with E-state index in [1.54, 1.807) is 31.2 Å². The van der Waals surface area contributed by atoms with Gasteiger partial charge in [0, 0.05) is 29.9 Å². The number of amides is 1. The number of ether oxygens (including phenoxy) is 1. The van der Waals surface area contributed by atoms with Crippen LogP contribution >= 0.6 is 0 Å². The molecule has 0 saturated heterocycles. The molecule has 0 saturated carbocycles. The van der Waals surface area contributed by atoms with Crippen LogP contribution in [0.25, 0.3) is 0 Å². The molecule has 3 rings (SSSR count). The molecule has 0 heterocycles. The van der Waals surface area contributed by atoms with Crippen molar-refractivity contribution in [2.45, 2.75) is 20.0 Å². The van der Waals surface area contributed by atoms with E-state index in [9.17, 15) is 9.59 Å². The summed E-state index contributed by atoms with van der Waals surface area (Å²) in [6.45, 7) is 3.19. The minimum Gasteiger partial charge on any atom is -0.465 e. The third-order valence-electron chi connectivity index (χ3n) is 5.03. The highest BCUT2D eigenvalue weighted by Gasteiger charge is 2.14. The van der Waals surface area contributed by atoms with E-state index in [1.165, 1.54) is 0 Å². The molecular weight excluding hydrogens is 416 g/mol. The third kappa shape index (κ3) is 6.93. The van der Waals surface area contributed by atoms with Crippen molar-refractivity contribution in [1.29, 1.82) is 5.41 Å². The van der Waals surface area contributed by atoms with E-state index in [0.717, 1.165) is 16.8 Å². The van der Waals surface area contributed by atoms with E-state index >= 15 is 0 Å². The minimum atomic E-state index is -0.280. The Labute approximate surface area is 193 Å². The summed E-state index contributed by atoms with van der Waals surface area (Å²) in [5.41, 5.74) is 9.35. The smallest absolute Gasteiger partial charge is 0.325 e. The van der Waals surface area contributed by atoms with Crippen LogP contribution in [0.3, 0.4) is 0 Å². The van der Waals surface area contributed by atoms with Crippen molar-refractivity contribution >= 4 is 23.4 Å². The first-order valence-corrected chi connectivity index (χ1v) is 10.7. The van der Waals surface area contributed by atoms with Gasteiger partial charge in [0.05, 0.1) is 6.61 Å². The Morgan fingerprint density at radius 2 is 1.64 bits per heavy atom. The zero-order chi connectivity index (χ0) is 23.6. The fraction of sp³-hybridized carbons (Fsp3) is 0.192. The molecule has 0 spiro atoms. The molecule has 3 aromatic rings. The highest BCUT2D eigenvalue weighted by molar-refractivity contribution is 6.00. The summed E-state index contributed by atoms with van der Waals surface area (Å²) in [7, 11) is 0. The van der Waals surface area contributed by atoms with Crippen molar-refractivity contribution in [3.05, 3.63) is 101 Å². The van der Waals surface area contributed by atoms with E-state index in [4.69, 9.17) is 15.9 Å². The molecular formula is C26H28N4O3. The summed E-state index contributed by atoms with van der Waals surface area (Å²) in [6, 6.07) is 24.3. The fourth-order valence-electron chi connectivity index (χ4n) is 3.34. The maximum absolute atomic E-state index is 12.5. The predicted octanol–water partition coefficient (Wildman–Crippen LogP) is 3.47. The Bertz CT molecular complexity index is 1100. The molecule has 0 aromatic heterocycles. The standard InChI is InChI=1S/C26H28N4O3/c1-2-33-24(31)18-30(17-20-7-4-3-5-8-20)23-13-11-19(12-14-23)16-29-26(32)22-10-6-9-21(15-22)25(27)28/h3-15H,2,16-18H2,1H3,(H3,27,28)(H,29,32). The molecule has 7 heteroatoms. The van der Waals surface area contributed by atoms with Gasteiger partial charge in [-0.2, -0.15) is 0 Å². The first-order valence-electron chi connectivity index (χ1n) is 10.7. The van der Waals surface area contributed by atoms with Gasteiger partial charge in [0.15, 0.2) is 0 Å². The van der Waals surface area contributed by atoms with Crippen LogP contribution in [0.5, 0.6) is 0 Å². The number of nitrogen functional groups attached to an aromatic ring is 1. The van der Waals surface area contributed by atoms with Crippen LogP contribution in [-0.4, -0.2) is 30.9 Å². The summed E-state index contributed by atoms with van der Waals surface area (Å²) in [6.07, 6.45) is 0. The number of carbonyl (C=O) groups is 2. The van der Waals surface area contributed by atoms with Gasteiger partial charge in [-0.3, -0.25) is 15.0 Å². The number of nitrogens with zero attached hydrogens (tertiary/aromatic N) is 1. The SMILES string of the molecule is CCOC(=O)CN(Cc1ccccc1)c1ccc(CNC(=O)c2cccc(C(=N)N)c2)cc1. The molecule has 0 bridgehead atoms. The summed E-state index contributed by atoms with van der Waals surface area (Å²) < 4.78 is 5.14. The average Bonchev–Trinajstić information content (AvgIpc) is 2.83. The highest BCUT2D eigenvalue weighted by atomic mass is 16.5. The number of nitrogens with one attached hydrogen (secondary N) is 2. The van der Waals surface area contributed by atoms with Crippen molar-refractivity contribution in [3.63, 3.8) is 0 Å². The maximum Gasteiger partial charge on any atom is 0.325 e.